The first-order chi connectivity index (χ1) is 12.8. The second kappa shape index (κ2) is 8.48. The molecule has 150 valence electrons. The summed E-state index contributed by atoms with van der Waals surface area (Å²) < 4.78 is 6.57. The van der Waals surface area contributed by atoms with Crippen LogP contribution in [0.5, 0.6) is 0 Å². The fourth-order valence-corrected chi connectivity index (χ4v) is 6.69. The molecule has 1 heterocycles. The van der Waals surface area contributed by atoms with E-state index in [4.69, 9.17) is 9.84 Å². The zero-order valence-electron chi connectivity index (χ0n) is 18.0. The van der Waals surface area contributed by atoms with Gasteiger partial charge in [0.2, 0.25) is 0 Å². The summed E-state index contributed by atoms with van der Waals surface area (Å²) in [7, 11) is -1.40. The lowest BCUT2D eigenvalue weighted by atomic mass is 9.75. The maximum atomic E-state index is 6.57. The monoisotopic (exact) mass is 386 g/mol. The quantitative estimate of drug-likeness (QED) is 0.659. The van der Waals surface area contributed by atoms with Crippen molar-refractivity contribution in [1.29, 1.82) is 0 Å². The van der Waals surface area contributed by atoms with Crippen molar-refractivity contribution < 1.29 is 4.74 Å². The molecule has 0 radical (unpaired) electrons. The van der Waals surface area contributed by atoms with Crippen LogP contribution in [0.3, 0.4) is 0 Å². The van der Waals surface area contributed by atoms with E-state index < -0.39 is 8.07 Å². The van der Waals surface area contributed by atoms with Crippen molar-refractivity contribution in [3.63, 3.8) is 0 Å². The van der Waals surface area contributed by atoms with Gasteiger partial charge in [0.05, 0.1) is 26.5 Å². The summed E-state index contributed by atoms with van der Waals surface area (Å²) in [5, 5.41) is 4.79. The zero-order valence-corrected chi connectivity index (χ0v) is 19.0. The molecule has 2 aliphatic rings. The molecule has 0 spiro atoms. The molecule has 3 rings (SSSR count). The highest BCUT2D eigenvalue weighted by Crippen LogP contribution is 2.36. The normalized spacial score (nSPS) is 31.7. The van der Waals surface area contributed by atoms with Crippen LogP contribution >= 0.6 is 0 Å². The number of benzene rings is 1. The second-order valence-corrected chi connectivity index (χ2v) is 15.5. The third-order valence-electron chi connectivity index (χ3n) is 6.54. The zero-order chi connectivity index (χ0) is 19.6. The highest BCUT2D eigenvalue weighted by molar-refractivity contribution is 6.78. The molecule has 1 aromatic carbocycles. The Hall–Kier alpha value is -1.13. The molecular weight excluding hydrogens is 348 g/mol. The molecule has 1 N–H and O–H groups in total. The highest BCUT2D eigenvalue weighted by Gasteiger charge is 2.41. The standard InChI is InChI=1S/C23H38N2OSi/c1-16(2)19-13-12-17(3)14-21(19)26-15-20-22(18-10-8-7-9-11-18)23(25-24-20)27(4,5)6/h7-11,16-17,19,21-23,25H,12-15H2,1-6H3/t17-,19+,21-,22-,23+/m1/s1. The molecular formula is C23H38N2OSi. The highest BCUT2D eigenvalue weighted by atomic mass is 28.3. The Morgan fingerprint density at radius 2 is 1.85 bits per heavy atom. The molecule has 1 aliphatic carbocycles. The average molecular weight is 387 g/mol. The van der Waals surface area contributed by atoms with Gasteiger partial charge in [-0.05, 0) is 36.2 Å². The van der Waals surface area contributed by atoms with Crippen LogP contribution in [-0.2, 0) is 4.74 Å². The minimum atomic E-state index is -1.40. The molecule has 27 heavy (non-hydrogen) atoms. The van der Waals surface area contributed by atoms with E-state index in [9.17, 15) is 0 Å². The van der Waals surface area contributed by atoms with Crippen LogP contribution in [0.4, 0.5) is 0 Å². The van der Waals surface area contributed by atoms with Crippen molar-refractivity contribution in [1.82, 2.24) is 5.43 Å². The fourth-order valence-electron chi connectivity index (χ4n) is 4.85. The molecule has 3 nitrogen and oxygen atoms in total. The minimum absolute atomic E-state index is 0.344. The Labute approximate surface area is 167 Å². The maximum Gasteiger partial charge on any atom is 0.0877 e. The third-order valence-corrected chi connectivity index (χ3v) is 8.87. The van der Waals surface area contributed by atoms with E-state index in [1.54, 1.807) is 0 Å². The van der Waals surface area contributed by atoms with Crippen LogP contribution in [0.15, 0.2) is 35.4 Å². The minimum Gasteiger partial charge on any atom is -0.372 e. The van der Waals surface area contributed by atoms with Crippen molar-refractivity contribution in [3.8, 4) is 0 Å². The van der Waals surface area contributed by atoms with Gasteiger partial charge in [0.25, 0.3) is 0 Å². The summed E-state index contributed by atoms with van der Waals surface area (Å²) in [4.78, 5) is 0. The predicted molar refractivity (Wildman–Crippen MR) is 118 cm³/mol. The van der Waals surface area contributed by atoms with Crippen molar-refractivity contribution in [2.75, 3.05) is 6.61 Å². The summed E-state index contributed by atoms with van der Waals surface area (Å²) >= 11 is 0. The van der Waals surface area contributed by atoms with Crippen LogP contribution in [0.25, 0.3) is 0 Å². The Kier molecular flexibility index (Phi) is 6.47. The van der Waals surface area contributed by atoms with Gasteiger partial charge in [-0.2, -0.15) is 5.10 Å². The molecule has 0 amide bonds. The SMILES string of the molecule is CC(C)[C@@H]1CC[C@@H](C)C[C@H]1OCC1=NN[C@@H]([Si](C)(C)C)[C@@H]1c1ccccc1. The van der Waals surface area contributed by atoms with Gasteiger partial charge in [-0.15, -0.1) is 0 Å². The van der Waals surface area contributed by atoms with E-state index in [-0.39, 0.29) is 0 Å². The number of rotatable bonds is 6. The van der Waals surface area contributed by atoms with E-state index in [2.05, 4.69) is 76.2 Å². The van der Waals surface area contributed by atoms with Gasteiger partial charge in [0.1, 0.15) is 0 Å². The molecule has 0 aromatic heterocycles. The molecule has 1 aromatic rings. The number of ether oxygens (including phenoxy) is 1. The van der Waals surface area contributed by atoms with Crippen LogP contribution in [-0.4, -0.2) is 32.2 Å². The van der Waals surface area contributed by atoms with E-state index in [1.165, 1.54) is 30.5 Å². The number of hydrazone groups is 1. The number of nitrogens with zero attached hydrogens (tertiary/aromatic N) is 1. The topological polar surface area (TPSA) is 33.6 Å². The molecule has 0 bridgehead atoms. The number of hydrogen-bond acceptors (Lipinski definition) is 3. The summed E-state index contributed by atoms with van der Waals surface area (Å²) in [6.45, 7) is 15.0. The van der Waals surface area contributed by atoms with Crippen LogP contribution < -0.4 is 5.43 Å². The Bertz CT molecular complexity index is 638. The predicted octanol–water partition coefficient (Wildman–Crippen LogP) is 5.45. The van der Waals surface area contributed by atoms with Crippen molar-refractivity contribution in [3.05, 3.63) is 35.9 Å². The summed E-state index contributed by atoms with van der Waals surface area (Å²) in [5.74, 6) is 2.48. The first kappa shape index (κ1) is 20.6. The smallest absolute Gasteiger partial charge is 0.0877 e. The first-order valence-electron chi connectivity index (χ1n) is 10.8. The van der Waals surface area contributed by atoms with Gasteiger partial charge in [-0.1, -0.05) is 77.2 Å². The molecule has 4 heteroatoms. The lowest BCUT2D eigenvalue weighted by Crippen LogP contribution is -2.49. The molecule has 0 saturated heterocycles. The van der Waals surface area contributed by atoms with Gasteiger partial charge < -0.3 is 10.2 Å². The largest absolute Gasteiger partial charge is 0.372 e. The summed E-state index contributed by atoms with van der Waals surface area (Å²) in [6, 6.07) is 10.9. The molecule has 1 saturated carbocycles. The van der Waals surface area contributed by atoms with Crippen LogP contribution in [0, 0.1) is 17.8 Å². The van der Waals surface area contributed by atoms with Crippen LogP contribution in [0.1, 0.15) is 51.5 Å². The fraction of sp³-hybridized carbons (Fsp3) is 0.696. The Balaban J connectivity index is 1.74. The van der Waals surface area contributed by atoms with Gasteiger partial charge in [-0.3, -0.25) is 0 Å². The number of nitrogens with one attached hydrogen (secondary N) is 1. The van der Waals surface area contributed by atoms with E-state index in [0.717, 1.165) is 5.92 Å². The molecule has 1 aliphatic heterocycles. The Morgan fingerprint density at radius 3 is 2.48 bits per heavy atom. The first-order valence-corrected chi connectivity index (χ1v) is 14.3. The van der Waals surface area contributed by atoms with Gasteiger partial charge in [0.15, 0.2) is 0 Å². The second-order valence-electron chi connectivity index (χ2n) is 10.1. The molecule has 0 unspecified atom stereocenters. The van der Waals surface area contributed by atoms with Gasteiger partial charge in [-0.25, -0.2) is 0 Å². The average Bonchev–Trinajstić information content (AvgIpc) is 3.05. The molecule has 5 atom stereocenters. The lowest BCUT2D eigenvalue weighted by Gasteiger charge is -2.37. The van der Waals surface area contributed by atoms with Crippen LogP contribution in [0.2, 0.25) is 19.6 Å². The van der Waals surface area contributed by atoms with Crippen molar-refractivity contribution in [2.24, 2.45) is 22.9 Å². The van der Waals surface area contributed by atoms with E-state index >= 15 is 0 Å². The maximum absolute atomic E-state index is 6.57. The Morgan fingerprint density at radius 1 is 1.15 bits per heavy atom. The van der Waals surface area contributed by atoms with Crippen molar-refractivity contribution >= 4 is 13.8 Å². The third kappa shape index (κ3) is 4.83. The van der Waals surface area contributed by atoms with Crippen molar-refractivity contribution in [2.45, 2.75) is 77.4 Å². The number of hydrogen-bond donors (Lipinski definition) is 1. The van der Waals surface area contributed by atoms with E-state index in [1.807, 2.05) is 0 Å². The lowest BCUT2D eigenvalue weighted by molar-refractivity contribution is -0.0224. The molecule has 1 fully saturated rings. The summed E-state index contributed by atoms with van der Waals surface area (Å²) in [5.41, 5.74) is 6.49. The van der Waals surface area contributed by atoms with Gasteiger partial charge >= 0.3 is 0 Å². The van der Waals surface area contributed by atoms with Gasteiger partial charge in [0, 0.05) is 11.6 Å². The van der Waals surface area contributed by atoms with E-state index in [0.29, 0.717) is 36.1 Å². The summed E-state index contributed by atoms with van der Waals surface area (Å²) in [6.07, 6.45) is 4.21.